The van der Waals surface area contributed by atoms with Gasteiger partial charge in [0.25, 0.3) is 0 Å². The van der Waals surface area contributed by atoms with Gasteiger partial charge in [-0.05, 0) is 167 Å². The van der Waals surface area contributed by atoms with Crippen molar-refractivity contribution >= 4 is 97.5 Å². The largest absolute Gasteiger partial charge is 0.342 e. The third-order valence-electron chi connectivity index (χ3n) is 20.3. The number of aromatic nitrogens is 2. The third-order valence-corrected chi connectivity index (χ3v) is 20.3. The number of benzene rings is 14. The third kappa shape index (κ3) is 6.14. The van der Waals surface area contributed by atoms with Crippen LogP contribution >= 0.6 is 0 Å². The molecule has 0 fully saturated rings. The summed E-state index contributed by atoms with van der Waals surface area (Å²) >= 11 is 0. The lowest BCUT2D eigenvalue weighted by Gasteiger charge is -2.23. The molecule has 16 aromatic rings. The molecule has 2 aliphatic rings. The Bertz CT molecular complexity index is 5170. The highest BCUT2D eigenvalue weighted by atomic mass is 15.0. The van der Waals surface area contributed by atoms with E-state index in [0.29, 0.717) is 0 Å². The molecule has 2 nitrogen and oxygen atoms in total. The van der Waals surface area contributed by atoms with Gasteiger partial charge in [-0.25, -0.2) is 0 Å². The second-order valence-corrected chi connectivity index (χ2v) is 25.1. The maximum atomic E-state index is 2.49. The molecule has 0 atom stereocenters. The molecule has 0 aliphatic heterocycles. The van der Waals surface area contributed by atoms with E-state index in [0.717, 1.165) is 0 Å². The molecule has 2 heterocycles. The molecule has 84 heavy (non-hydrogen) atoms. The van der Waals surface area contributed by atoms with Gasteiger partial charge in [-0.1, -0.05) is 246 Å². The lowest BCUT2D eigenvalue weighted by Crippen LogP contribution is -2.14. The number of nitrogens with zero attached hydrogens (tertiary/aromatic N) is 2. The van der Waals surface area contributed by atoms with Gasteiger partial charge in [0.05, 0.1) is 11.0 Å². The van der Waals surface area contributed by atoms with Gasteiger partial charge in [0.2, 0.25) is 0 Å². The Morgan fingerprint density at radius 1 is 0.238 bits per heavy atom. The van der Waals surface area contributed by atoms with Crippen molar-refractivity contribution in [2.24, 2.45) is 14.1 Å². The molecule has 14 aromatic carbocycles. The van der Waals surface area contributed by atoms with Crippen LogP contribution in [-0.4, -0.2) is 9.13 Å². The monoisotopic (exact) mass is 1070 g/mol. The topological polar surface area (TPSA) is 9.86 Å². The summed E-state index contributed by atoms with van der Waals surface area (Å²) in [4.78, 5) is 0. The second kappa shape index (κ2) is 16.8. The van der Waals surface area contributed by atoms with Gasteiger partial charge in [0.1, 0.15) is 0 Å². The molecule has 0 spiro atoms. The van der Waals surface area contributed by atoms with E-state index in [4.69, 9.17) is 0 Å². The fourth-order valence-corrected chi connectivity index (χ4v) is 16.4. The molecular formula is C82H58N2. The van der Waals surface area contributed by atoms with Crippen LogP contribution < -0.4 is 0 Å². The fourth-order valence-electron chi connectivity index (χ4n) is 16.4. The van der Waals surface area contributed by atoms with Crippen LogP contribution in [0.5, 0.6) is 0 Å². The number of aryl methyl sites for hydroxylation is 2. The van der Waals surface area contributed by atoms with Crippen LogP contribution in [-0.2, 0) is 24.9 Å². The average molecular weight is 1070 g/mol. The molecule has 18 rings (SSSR count). The van der Waals surface area contributed by atoms with Crippen molar-refractivity contribution in [1.82, 2.24) is 9.13 Å². The van der Waals surface area contributed by atoms with Crippen LogP contribution in [0.1, 0.15) is 49.9 Å². The number of fused-ring (bicyclic) bond motifs is 20. The summed E-state index contributed by atoms with van der Waals surface area (Å²) in [6.45, 7) is 9.53. The van der Waals surface area contributed by atoms with Crippen molar-refractivity contribution in [1.29, 1.82) is 0 Å². The zero-order valence-electron chi connectivity index (χ0n) is 48.0. The highest BCUT2D eigenvalue weighted by Crippen LogP contribution is 2.55. The lowest BCUT2D eigenvalue weighted by molar-refractivity contribution is 0.660. The normalized spacial score (nSPS) is 14.0. The Morgan fingerprint density at radius 2 is 0.500 bits per heavy atom. The summed E-state index contributed by atoms with van der Waals surface area (Å²) in [5, 5.41) is 17.8. The molecule has 396 valence electrons. The lowest BCUT2D eigenvalue weighted by atomic mass is 9.80. The molecule has 0 saturated carbocycles. The van der Waals surface area contributed by atoms with E-state index >= 15 is 0 Å². The van der Waals surface area contributed by atoms with E-state index in [1.165, 1.54) is 186 Å². The van der Waals surface area contributed by atoms with E-state index in [1.54, 1.807) is 0 Å². The number of hydrogen-bond acceptors (Lipinski definition) is 0. The first-order valence-corrected chi connectivity index (χ1v) is 29.8. The molecule has 0 amide bonds. The van der Waals surface area contributed by atoms with Crippen LogP contribution in [0.2, 0.25) is 0 Å². The Hall–Kier alpha value is -10.0. The van der Waals surface area contributed by atoms with Crippen LogP contribution in [0.25, 0.3) is 164 Å². The van der Waals surface area contributed by atoms with Gasteiger partial charge in [-0.2, -0.15) is 0 Å². The minimum atomic E-state index is -0.0951. The quantitative estimate of drug-likeness (QED) is 0.156. The SMILES string of the molecule is Cn1c2cc(-c3c4ccccc4c(-c4ccc5c(c4)C(C)(C)c4ccccc4-5)c4ccccc34)ccc2c2c3ccccc3c3c4ccc(-c5c6ccccc6c(-c6ccc7c(c6)C(C)(C)c6ccccc6-7)c6ccccc56)cc4n(C)c3c21. The Balaban J connectivity index is 0.828. The van der Waals surface area contributed by atoms with Crippen LogP contribution in [0, 0.1) is 0 Å². The molecule has 2 aromatic heterocycles. The van der Waals surface area contributed by atoms with E-state index in [2.05, 4.69) is 294 Å². The highest BCUT2D eigenvalue weighted by Gasteiger charge is 2.37. The van der Waals surface area contributed by atoms with Crippen LogP contribution in [0.15, 0.2) is 243 Å². The first-order valence-electron chi connectivity index (χ1n) is 29.8. The summed E-state index contributed by atoms with van der Waals surface area (Å²) in [6.07, 6.45) is 0. The molecule has 0 bridgehead atoms. The van der Waals surface area contributed by atoms with Gasteiger partial charge in [0.15, 0.2) is 0 Å². The second-order valence-electron chi connectivity index (χ2n) is 25.1. The minimum Gasteiger partial charge on any atom is -0.342 e. The van der Waals surface area contributed by atoms with Crippen molar-refractivity contribution < 1.29 is 0 Å². The van der Waals surface area contributed by atoms with Gasteiger partial charge in [-0.15, -0.1) is 0 Å². The molecular weight excluding hydrogens is 1010 g/mol. The van der Waals surface area contributed by atoms with Gasteiger partial charge in [0, 0.05) is 57.5 Å². The summed E-state index contributed by atoms with van der Waals surface area (Å²) < 4.78 is 4.98. The first kappa shape index (κ1) is 47.6. The Morgan fingerprint density at radius 3 is 0.833 bits per heavy atom. The summed E-state index contributed by atoms with van der Waals surface area (Å²) in [5.74, 6) is 0. The molecule has 0 radical (unpaired) electrons. The van der Waals surface area contributed by atoms with Crippen molar-refractivity contribution in [3.05, 3.63) is 265 Å². The molecule has 0 unspecified atom stereocenters. The van der Waals surface area contributed by atoms with Gasteiger partial charge < -0.3 is 9.13 Å². The van der Waals surface area contributed by atoms with Crippen LogP contribution in [0.3, 0.4) is 0 Å². The standard InChI is InChI=1S/C82H58N2/c1-81(2)67-33-19-17-21-51(67)53-39-35-47(43-69(53)81)73-55-23-7-11-27-59(55)75(60-28-12-8-24-56(60)73)49-37-41-65-71(45-49)83(5)79-77(65)63-31-15-16-32-64(63)78-66-42-38-50(46-72(66)84(6)80(78)79)76-61-29-13-9-25-57(61)74(58-26-10-14-30-62(58)76)48-36-40-54-52-22-18-20-34-68(52)82(3,4)70(54)44-48/h7-46H,1-6H3. The zero-order valence-corrected chi connectivity index (χ0v) is 48.0. The maximum absolute atomic E-state index is 2.49. The van der Waals surface area contributed by atoms with Gasteiger partial charge in [-0.3, -0.25) is 0 Å². The predicted octanol–water partition coefficient (Wildman–Crippen LogP) is 22.0. The van der Waals surface area contributed by atoms with Crippen LogP contribution in [0.4, 0.5) is 0 Å². The molecule has 0 N–H and O–H groups in total. The van der Waals surface area contributed by atoms with E-state index in [1.807, 2.05) is 0 Å². The van der Waals surface area contributed by atoms with Crippen molar-refractivity contribution in [3.8, 4) is 66.8 Å². The maximum Gasteiger partial charge on any atom is 0.0742 e. The summed E-state index contributed by atoms with van der Waals surface area (Å²) in [6, 6.07) is 92.4. The van der Waals surface area contributed by atoms with Gasteiger partial charge >= 0.3 is 0 Å². The Kier molecular flexibility index (Phi) is 9.53. The summed E-state index contributed by atoms with van der Waals surface area (Å²) in [7, 11) is 4.58. The minimum absolute atomic E-state index is 0.0951. The number of rotatable bonds is 4. The molecule has 0 saturated heterocycles. The molecule has 2 aliphatic carbocycles. The van der Waals surface area contributed by atoms with Crippen molar-refractivity contribution in [3.63, 3.8) is 0 Å². The van der Waals surface area contributed by atoms with E-state index in [-0.39, 0.29) is 10.8 Å². The van der Waals surface area contributed by atoms with Crippen molar-refractivity contribution in [2.75, 3.05) is 0 Å². The zero-order chi connectivity index (χ0) is 56.1. The highest BCUT2D eigenvalue weighted by molar-refractivity contribution is 6.36. The summed E-state index contributed by atoms with van der Waals surface area (Å²) in [5.41, 5.74) is 25.8. The first-order chi connectivity index (χ1) is 41.1. The predicted molar refractivity (Wildman–Crippen MR) is 359 cm³/mol. The van der Waals surface area contributed by atoms with E-state index in [9.17, 15) is 0 Å². The number of hydrogen-bond donors (Lipinski definition) is 0. The fraction of sp³-hybridized carbons (Fsp3) is 0.0976. The molecule has 2 heteroatoms. The van der Waals surface area contributed by atoms with E-state index < -0.39 is 0 Å². The smallest absolute Gasteiger partial charge is 0.0742 e. The average Bonchev–Trinajstić information content (AvgIpc) is 2.06. The Labute approximate surface area is 488 Å². The van der Waals surface area contributed by atoms with Crippen molar-refractivity contribution in [2.45, 2.75) is 38.5 Å².